The quantitative estimate of drug-likeness (QED) is 0.388. The SMILES string of the molecule is COc1ccc(Oc2cc(-c3cccc(C(=O)Nc4ccc(OC)cc4OC)c3)ncn2)cc1. The second-order valence-electron chi connectivity index (χ2n) is 7.12. The maximum Gasteiger partial charge on any atom is 0.255 e. The second-order valence-corrected chi connectivity index (χ2v) is 7.12. The molecule has 0 spiro atoms. The van der Waals surface area contributed by atoms with E-state index in [-0.39, 0.29) is 5.91 Å². The third-order valence-electron chi connectivity index (χ3n) is 5.00. The third kappa shape index (κ3) is 5.24. The number of aromatic nitrogens is 2. The van der Waals surface area contributed by atoms with Crippen molar-refractivity contribution in [2.45, 2.75) is 0 Å². The van der Waals surface area contributed by atoms with Gasteiger partial charge in [-0.25, -0.2) is 9.97 Å². The fourth-order valence-corrected chi connectivity index (χ4v) is 3.23. The van der Waals surface area contributed by atoms with Gasteiger partial charge in [0.05, 0.1) is 32.7 Å². The maximum absolute atomic E-state index is 12.9. The summed E-state index contributed by atoms with van der Waals surface area (Å²) in [5, 5.41) is 2.87. The molecule has 8 heteroatoms. The summed E-state index contributed by atoms with van der Waals surface area (Å²) in [6, 6.07) is 21.2. The minimum absolute atomic E-state index is 0.283. The molecule has 1 heterocycles. The first kappa shape index (κ1) is 22.6. The first-order valence-corrected chi connectivity index (χ1v) is 10.4. The summed E-state index contributed by atoms with van der Waals surface area (Å²) in [5.74, 6) is 2.58. The molecule has 0 fully saturated rings. The fraction of sp³-hybridized carbons (Fsp3) is 0.115. The predicted octanol–water partition coefficient (Wildman–Crippen LogP) is 5.21. The van der Waals surface area contributed by atoms with Crippen LogP contribution in [0.1, 0.15) is 10.4 Å². The van der Waals surface area contributed by atoms with E-state index in [0.29, 0.717) is 40.1 Å². The number of hydrogen-bond donors (Lipinski definition) is 1. The Balaban J connectivity index is 1.53. The fourth-order valence-electron chi connectivity index (χ4n) is 3.23. The van der Waals surface area contributed by atoms with Gasteiger partial charge >= 0.3 is 0 Å². The molecule has 4 rings (SSSR count). The van der Waals surface area contributed by atoms with Crippen LogP contribution in [-0.4, -0.2) is 37.2 Å². The maximum atomic E-state index is 12.9. The number of benzene rings is 3. The van der Waals surface area contributed by atoms with E-state index in [2.05, 4.69) is 15.3 Å². The van der Waals surface area contributed by atoms with Crippen LogP contribution in [0.15, 0.2) is 79.1 Å². The summed E-state index contributed by atoms with van der Waals surface area (Å²) in [4.78, 5) is 21.4. The van der Waals surface area contributed by atoms with E-state index in [9.17, 15) is 4.79 Å². The molecule has 0 saturated heterocycles. The van der Waals surface area contributed by atoms with Crippen molar-refractivity contribution < 1.29 is 23.7 Å². The van der Waals surface area contributed by atoms with Gasteiger partial charge in [0, 0.05) is 23.3 Å². The van der Waals surface area contributed by atoms with Crippen LogP contribution in [0, 0.1) is 0 Å². The average molecular weight is 457 g/mol. The molecule has 0 radical (unpaired) electrons. The van der Waals surface area contributed by atoms with Gasteiger partial charge in [-0.15, -0.1) is 0 Å². The minimum Gasteiger partial charge on any atom is -0.497 e. The van der Waals surface area contributed by atoms with Gasteiger partial charge in [0.2, 0.25) is 5.88 Å². The Morgan fingerprint density at radius 1 is 0.765 bits per heavy atom. The molecule has 8 nitrogen and oxygen atoms in total. The lowest BCUT2D eigenvalue weighted by Crippen LogP contribution is -2.12. The highest BCUT2D eigenvalue weighted by atomic mass is 16.5. The average Bonchev–Trinajstić information content (AvgIpc) is 2.89. The van der Waals surface area contributed by atoms with E-state index in [1.807, 2.05) is 6.07 Å². The number of hydrogen-bond acceptors (Lipinski definition) is 7. The van der Waals surface area contributed by atoms with Gasteiger partial charge in [0.1, 0.15) is 29.3 Å². The van der Waals surface area contributed by atoms with Crippen molar-refractivity contribution in [2.24, 2.45) is 0 Å². The van der Waals surface area contributed by atoms with Crippen molar-refractivity contribution in [3.05, 3.63) is 84.7 Å². The normalized spacial score (nSPS) is 10.3. The number of methoxy groups -OCH3 is 3. The van der Waals surface area contributed by atoms with Gasteiger partial charge in [-0.2, -0.15) is 0 Å². The van der Waals surface area contributed by atoms with Gasteiger partial charge < -0.3 is 24.3 Å². The van der Waals surface area contributed by atoms with E-state index in [1.165, 1.54) is 13.4 Å². The Labute approximate surface area is 197 Å². The molecule has 1 aromatic heterocycles. The van der Waals surface area contributed by atoms with Crippen LogP contribution in [-0.2, 0) is 0 Å². The second kappa shape index (κ2) is 10.4. The summed E-state index contributed by atoms with van der Waals surface area (Å²) in [6.07, 6.45) is 1.42. The minimum atomic E-state index is -0.283. The Bertz CT molecular complexity index is 1290. The van der Waals surface area contributed by atoms with Crippen LogP contribution < -0.4 is 24.3 Å². The van der Waals surface area contributed by atoms with Crippen molar-refractivity contribution >= 4 is 11.6 Å². The standard InChI is InChI=1S/C26H23N3O5/c1-31-19-7-9-20(10-8-19)34-25-15-23(27-16-28-25)17-5-4-6-18(13-17)26(30)29-22-12-11-21(32-2)14-24(22)33-3/h4-16H,1-3H3,(H,29,30). The van der Waals surface area contributed by atoms with E-state index in [1.54, 1.807) is 80.9 Å². The zero-order valence-corrected chi connectivity index (χ0v) is 18.9. The third-order valence-corrected chi connectivity index (χ3v) is 5.00. The molecule has 0 saturated carbocycles. The molecule has 1 N–H and O–H groups in total. The molecule has 0 aliphatic carbocycles. The highest BCUT2D eigenvalue weighted by Gasteiger charge is 2.13. The number of carbonyl (C=O) groups excluding carboxylic acids is 1. The van der Waals surface area contributed by atoms with Crippen LogP contribution in [0.25, 0.3) is 11.3 Å². The summed E-state index contributed by atoms with van der Waals surface area (Å²) >= 11 is 0. The summed E-state index contributed by atoms with van der Waals surface area (Å²) in [7, 11) is 4.71. The van der Waals surface area contributed by atoms with Crippen molar-refractivity contribution in [1.29, 1.82) is 0 Å². The van der Waals surface area contributed by atoms with E-state index >= 15 is 0 Å². The van der Waals surface area contributed by atoms with Crippen molar-refractivity contribution in [3.63, 3.8) is 0 Å². The van der Waals surface area contributed by atoms with Gasteiger partial charge in [0.25, 0.3) is 5.91 Å². The number of nitrogens with zero attached hydrogens (tertiary/aromatic N) is 2. The molecule has 0 aliphatic heterocycles. The molecular formula is C26H23N3O5. The lowest BCUT2D eigenvalue weighted by atomic mass is 10.1. The zero-order valence-electron chi connectivity index (χ0n) is 18.9. The topological polar surface area (TPSA) is 91.8 Å². The van der Waals surface area contributed by atoms with Gasteiger partial charge in [-0.05, 0) is 48.5 Å². The number of ether oxygens (including phenoxy) is 4. The van der Waals surface area contributed by atoms with E-state index in [0.717, 1.165) is 11.3 Å². The molecule has 0 unspecified atom stereocenters. The Morgan fingerprint density at radius 2 is 1.50 bits per heavy atom. The van der Waals surface area contributed by atoms with Crippen LogP contribution in [0.2, 0.25) is 0 Å². The highest BCUT2D eigenvalue weighted by molar-refractivity contribution is 6.05. The lowest BCUT2D eigenvalue weighted by Gasteiger charge is -2.12. The highest BCUT2D eigenvalue weighted by Crippen LogP contribution is 2.30. The molecule has 34 heavy (non-hydrogen) atoms. The summed E-state index contributed by atoms with van der Waals surface area (Å²) in [6.45, 7) is 0. The Kier molecular flexibility index (Phi) is 6.88. The van der Waals surface area contributed by atoms with Crippen molar-refractivity contribution in [2.75, 3.05) is 26.6 Å². The van der Waals surface area contributed by atoms with Crippen LogP contribution in [0.5, 0.6) is 28.9 Å². The summed E-state index contributed by atoms with van der Waals surface area (Å²) in [5.41, 5.74) is 2.37. The predicted molar refractivity (Wildman–Crippen MR) is 128 cm³/mol. The van der Waals surface area contributed by atoms with E-state index < -0.39 is 0 Å². The smallest absolute Gasteiger partial charge is 0.255 e. The number of amides is 1. The van der Waals surface area contributed by atoms with Crippen molar-refractivity contribution in [3.8, 4) is 40.1 Å². The first-order valence-electron chi connectivity index (χ1n) is 10.4. The Morgan fingerprint density at radius 3 is 2.24 bits per heavy atom. The number of rotatable bonds is 8. The number of anilines is 1. The van der Waals surface area contributed by atoms with Gasteiger partial charge in [-0.1, -0.05) is 12.1 Å². The Hall–Kier alpha value is -4.59. The molecular weight excluding hydrogens is 434 g/mol. The number of carbonyl (C=O) groups is 1. The molecule has 1 amide bonds. The van der Waals surface area contributed by atoms with Crippen LogP contribution in [0.4, 0.5) is 5.69 Å². The first-order chi connectivity index (χ1) is 16.6. The zero-order chi connectivity index (χ0) is 23.9. The largest absolute Gasteiger partial charge is 0.497 e. The lowest BCUT2D eigenvalue weighted by molar-refractivity contribution is 0.102. The molecule has 0 aliphatic rings. The number of nitrogens with one attached hydrogen (secondary N) is 1. The molecule has 3 aromatic carbocycles. The molecule has 4 aromatic rings. The molecule has 0 atom stereocenters. The molecule has 172 valence electrons. The van der Waals surface area contributed by atoms with Crippen molar-refractivity contribution in [1.82, 2.24) is 9.97 Å². The molecule has 0 bridgehead atoms. The van der Waals surface area contributed by atoms with Gasteiger partial charge in [0.15, 0.2) is 0 Å². The van der Waals surface area contributed by atoms with Crippen LogP contribution >= 0.6 is 0 Å². The van der Waals surface area contributed by atoms with E-state index in [4.69, 9.17) is 18.9 Å². The van der Waals surface area contributed by atoms with Crippen LogP contribution in [0.3, 0.4) is 0 Å². The van der Waals surface area contributed by atoms with Gasteiger partial charge in [-0.3, -0.25) is 4.79 Å². The summed E-state index contributed by atoms with van der Waals surface area (Å²) < 4.78 is 21.6. The monoisotopic (exact) mass is 457 g/mol.